The van der Waals surface area contributed by atoms with Crippen LogP contribution in [0, 0.1) is 0 Å². The number of aromatic amines is 1. The number of ketones is 1. The van der Waals surface area contributed by atoms with Crippen LogP contribution < -0.4 is 9.47 Å². The molecule has 0 aliphatic heterocycles. The highest BCUT2D eigenvalue weighted by molar-refractivity contribution is 6.08. The lowest BCUT2D eigenvalue weighted by Gasteiger charge is -2.11. The Balaban J connectivity index is 1.40. The number of nitrogens with zero attached hydrogens (tertiary/aromatic N) is 4. The second-order valence-corrected chi connectivity index (χ2v) is 6.84. The zero-order valence-corrected chi connectivity index (χ0v) is 17.0. The van der Waals surface area contributed by atoms with Crippen molar-refractivity contribution in [2.75, 3.05) is 7.11 Å². The fourth-order valence-corrected chi connectivity index (χ4v) is 3.31. The Hall–Kier alpha value is -4.59. The van der Waals surface area contributed by atoms with Gasteiger partial charge in [-0.1, -0.05) is 12.1 Å². The molecule has 0 unspecified atom stereocenters. The van der Waals surface area contributed by atoms with E-state index in [0.29, 0.717) is 40.0 Å². The Morgan fingerprint density at radius 1 is 0.938 bits per heavy atom. The number of hydrogen-bond donors (Lipinski definition) is 1. The molecule has 32 heavy (non-hydrogen) atoms. The van der Waals surface area contributed by atoms with Gasteiger partial charge >= 0.3 is 0 Å². The molecular formula is C24H17N5O3. The molecule has 8 nitrogen and oxygen atoms in total. The predicted molar refractivity (Wildman–Crippen MR) is 118 cm³/mol. The van der Waals surface area contributed by atoms with E-state index in [2.05, 4.69) is 24.9 Å². The van der Waals surface area contributed by atoms with E-state index in [4.69, 9.17) is 9.47 Å². The summed E-state index contributed by atoms with van der Waals surface area (Å²) in [5.74, 6) is 1.51. The van der Waals surface area contributed by atoms with Crippen LogP contribution in [0.25, 0.3) is 22.3 Å². The molecule has 0 bridgehead atoms. The minimum absolute atomic E-state index is 0.201. The molecule has 2 aromatic carbocycles. The number of pyridine rings is 1. The molecule has 8 heteroatoms. The number of hydrogen-bond acceptors (Lipinski definition) is 7. The summed E-state index contributed by atoms with van der Waals surface area (Å²) in [5.41, 5.74) is 3.22. The Kier molecular flexibility index (Phi) is 5.01. The second kappa shape index (κ2) is 8.27. The van der Waals surface area contributed by atoms with E-state index in [1.54, 1.807) is 62.2 Å². The Labute approximate surface area is 182 Å². The number of nitrogens with one attached hydrogen (secondary N) is 1. The van der Waals surface area contributed by atoms with Crippen molar-refractivity contribution in [2.24, 2.45) is 0 Å². The maximum atomic E-state index is 12.8. The van der Waals surface area contributed by atoms with E-state index in [-0.39, 0.29) is 5.78 Å². The number of benzene rings is 2. The van der Waals surface area contributed by atoms with Gasteiger partial charge in [0.05, 0.1) is 23.7 Å². The van der Waals surface area contributed by atoms with Gasteiger partial charge in [0.2, 0.25) is 11.7 Å². The number of para-hydroxylation sites is 2. The molecule has 0 saturated carbocycles. The quantitative estimate of drug-likeness (QED) is 0.403. The second-order valence-electron chi connectivity index (χ2n) is 6.84. The van der Waals surface area contributed by atoms with Crippen molar-refractivity contribution in [3.05, 3.63) is 90.8 Å². The Morgan fingerprint density at radius 3 is 2.56 bits per heavy atom. The number of H-pyrrole nitrogens is 1. The minimum Gasteiger partial charge on any atom is -0.496 e. The summed E-state index contributed by atoms with van der Waals surface area (Å²) in [5, 5.41) is 0. The first-order valence-corrected chi connectivity index (χ1v) is 9.79. The lowest BCUT2D eigenvalue weighted by atomic mass is 10.1. The molecular weight excluding hydrogens is 406 g/mol. The molecule has 0 fully saturated rings. The molecule has 156 valence electrons. The average molecular weight is 423 g/mol. The van der Waals surface area contributed by atoms with E-state index < -0.39 is 0 Å². The molecule has 0 amide bonds. The monoisotopic (exact) mass is 423 g/mol. The normalized spacial score (nSPS) is 10.8. The highest BCUT2D eigenvalue weighted by atomic mass is 16.5. The van der Waals surface area contributed by atoms with Gasteiger partial charge in [-0.2, -0.15) is 0 Å². The van der Waals surface area contributed by atoms with E-state index in [0.717, 1.165) is 11.0 Å². The van der Waals surface area contributed by atoms with Gasteiger partial charge in [0.15, 0.2) is 5.82 Å². The van der Waals surface area contributed by atoms with E-state index in [1.807, 2.05) is 24.3 Å². The zero-order chi connectivity index (χ0) is 21.9. The molecule has 3 heterocycles. The van der Waals surface area contributed by atoms with Crippen molar-refractivity contribution >= 4 is 16.8 Å². The lowest BCUT2D eigenvalue weighted by molar-refractivity contribution is 0.103. The molecule has 0 atom stereocenters. The van der Waals surface area contributed by atoms with Crippen molar-refractivity contribution in [1.29, 1.82) is 0 Å². The van der Waals surface area contributed by atoms with E-state index in [1.165, 1.54) is 0 Å². The van der Waals surface area contributed by atoms with Crippen LogP contribution in [0.5, 0.6) is 17.4 Å². The van der Waals surface area contributed by atoms with Gasteiger partial charge in [0.25, 0.3) is 0 Å². The van der Waals surface area contributed by atoms with Gasteiger partial charge in [-0.3, -0.25) is 9.78 Å². The van der Waals surface area contributed by atoms with Crippen LogP contribution in [0.2, 0.25) is 0 Å². The summed E-state index contributed by atoms with van der Waals surface area (Å²) in [7, 11) is 1.58. The fraction of sp³-hybridized carbons (Fsp3) is 0.0417. The van der Waals surface area contributed by atoms with Crippen molar-refractivity contribution in [1.82, 2.24) is 24.9 Å². The van der Waals surface area contributed by atoms with Gasteiger partial charge < -0.3 is 14.5 Å². The number of ether oxygens (including phenoxy) is 2. The summed E-state index contributed by atoms with van der Waals surface area (Å²) in [6, 6.07) is 16.0. The molecule has 0 aliphatic carbocycles. The van der Waals surface area contributed by atoms with Gasteiger partial charge in [-0.15, -0.1) is 0 Å². The molecule has 5 aromatic rings. The molecule has 1 N–H and O–H groups in total. The SMILES string of the molecule is COc1ccncc1-c1nccnc1Oc1ccc(C(=O)c2nc3ccccc3[nH]2)cc1. The number of imidazole rings is 1. The Morgan fingerprint density at radius 2 is 1.75 bits per heavy atom. The van der Waals surface area contributed by atoms with Crippen molar-refractivity contribution in [2.45, 2.75) is 0 Å². The number of carbonyl (C=O) groups is 1. The predicted octanol–water partition coefficient (Wildman–Crippen LogP) is 4.45. The van der Waals surface area contributed by atoms with E-state index in [9.17, 15) is 4.79 Å². The summed E-state index contributed by atoms with van der Waals surface area (Å²) in [6.45, 7) is 0. The summed E-state index contributed by atoms with van der Waals surface area (Å²) >= 11 is 0. The van der Waals surface area contributed by atoms with Gasteiger partial charge in [0.1, 0.15) is 17.2 Å². The first kappa shape index (κ1) is 19.4. The van der Waals surface area contributed by atoms with E-state index >= 15 is 0 Å². The van der Waals surface area contributed by atoms with Crippen LogP contribution >= 0.6 is 0 Å². The van der Waals surface area contributed by atoms with Gasteiger partial charge in [-0.25, -0.2) is 15.0 Å². The molecule has 0 saturated heterocycles. The standard InChI is InChI=1S/C24H17N5O3/c1-31-20-10-11-25-14-17(20)21-24(27-13-12-26-21)32-16-8-6-15(7-9-16)22(30)23-28-18-4-2-3-5-19(18)29-23/h2-14H,1H3,(H,28,29). The van der Waals surface area contributed by atoms with Crippen LogP contribution in [0.1, 0.15) is 16.2 Å². The van der Waals surface area contributed by atoms with Gasteiger partial charge in [0, 0.05) is 30.4 Å². The highest BCUT2D eigenvalue weighted by Gasteiger charge is 2.17. The minimum atomic E-state index is -0.201. The first-order chi connectivity index (χ1) is 15.7. The summed E-state index contributed by atoms with van der Waals surface area (Å²) in [6.07, 6.45) is 6.40. The molecule has 0 aliphatic rings. The average Bonchev–Trinajstić information content (AvgIpc) is 3.29. The lowest BCUT2D eigenvalue weighted by Crippen LogP contribution is -2.03. The Bertz CT molecular complexity index is 1380. The zero-order valence-electron chi connectivity index (χ0n) is 17.0. The third-order valence-electron chi connectivity index (χ3n) is 4.86. The van der Waals surface area contributed by atoms with Crippen LogP contribution in [0.3, 0.4) is 0 Å². The largest absolute Gasteiger partial charge is 0.496 e. The first-order valence-electron chi connectivity index (χ1n) is 9.79. The van der Waals surface area contributed by atoms with Crippen LogP contribution in [-0.4, -0.2) is 37.8 Å². The van der Waals surface area contributed by atoms with Crippen LogP contribution in [0.4, 0.5) is 0 Å². The van der Waals surface area contributed by atoms with Gasteiger partial charge in [-0.05, 0) is 42.5 Å². The van der Waals surface area contributed by atoms with Crippen LogP contribution in [0.15, 0.2) is 79.4 Å². The van der Waals surface area contributed by atoms with Crippen molar-refractivity contribution in [3.8, 4) is 28.6 Å². The summed E-state index contributed by atoms with van der Waals surface area (Å²) < 4.78 is 11.4. The number of methoxy groups -OCH3 is 1. The maximum Gasteiger partial charge on any atom is 0.246 e. The summed E-state index contributed by atoms with van der Waals surface area (Å²) in [4.78, 5) is 33.1. The fourth-order valence-electron chi connectivity index (χ4n) is 3.31. The molecule has 3 aromatic heterocycles. The third kappa shape index (κ3) is 3.65. The highest BCUT2D eigenvalue weighted by Crippen LogP contribution is 2.34. The number of carbonyl (C=O) groups excluding carboxylic acids is 1. The van der Waals surface area contributed by atoms with Crippen molar-refractivity contribution in [3.63, 3.8) is 0 Å². The number of aromatic nitrogens is 5. The third-order valence-corrected chi connectivity index (χ3v) is 4.86. The number of rotatable bonds is 6. The molecule has 0 spiro atoms. The maximum absolute atomic E-state index is 12.8. The van der Waals surface area contributed by atoms with Crippen molar-refractivity contribution < 1.29 is 14.3 Å². The smallest absolute Gasteiger partial charge is 0.246 e. The number of fused-ring (bicyclic) bond motifs is 1. The molecule has 5 rings (SSSR count). The van der Waals surface area contributed by atoms with Crippen LogP contribution in [-0.2, 0) is 0 Å². The topological polar surface area (TPSA) is 103 Å². The molecule has 0 radical (unpaired) electrons.